The molecule has 38 heavy (non-hydrogen) atoms. The second-order valence-corrected chi connectivity index (χ2v) is 9.82. The van der Waals surface area contributed by atoms with Crippen molar-refractivity contribution in [3.05, 3.63) is 77.8 Å². The van der Waals surface area contributed by atoms with Crippen LogP contribution in [0.5, 0.6) is 0 Å². The third-order valence-electron chi connectivity index (χ3n) is 6.94. The molecular weight excluding hydrogens is 485 g/mol. The van der Waals surface area contributed by atoms with Crippen LogP contribution in [0.2, 0.25) is 0 Å². The molecular formula is C29H32FN5O3. The fourth-order valence-corrected chi connectivity index (χ4v) is 4.44. The molecule has 2 heterocycles. The summed E-state index contributed by atoms with van der Waals surface area (Å²) in [5, 5.41) is 12.7. The summed E-state index contributed by atoms with van der Waals surface area (Å²) in [6.07, 6.45) is 5.50. The zero-order valence-corrected chi connectivity index (χ0v) is 21.4. The summed E-state index contributed by atoms with van der Waals surface area (Å²) in [4.78, 5) is 27.3. The molecule has 5 rings (SSSR count). The lowest BCUT2D eigenvalue weighted by atomic mass is 9.95. The van der Waals surface area contributed by atoms with Crippen molar-refractivity contribution in [1.29, 1.82) is 0 Å². The average molecular weight is 518 g/mol. The molecule has 1 aromatic heterocycles. The summed E-state index contributed by atoms with van der Waals surface area (Å²) in [6.45, 7) is 5.52. The Morgan fingerprint density at radius 2 is 1.92 bits per heavy atom. The standard InChI is InChI=1S/C29H32FN5O3/c1-19(29(37)32-27-18-26(33-34-27)20-7-8-20)21-4-2-5-22(16-21)23-9-10-25(24(30)17-23)31-28(36)6-3-11-35-12-14-38-15-13-35/h2-6,9-10,16-20H,7-8,11-15H2,1H3,(H,31,36)(H2,32,33,34,37). The molecule has 1 saturated carbocycles. The Kier molecular flexibility index (Phi) is 7.95. The summed E-state index contributed by atoms with van der Waals surface area (Å²) in [7, 11) is 0. The average Bonchev–Trinajstić information content (AvgIpc) is 3.68. The molecule has 1 atom stereocenters. The largest absolute Gasteiger partial charge is 0.379 e. The number of ether oxygens (including phenoxy) is 1. The van der Waals surface area contributed by atoms with Crippen LogP contribution < -0.4 is 10.6 Å². The molecule has 1 saturated heterocycles. The molecule has 3 aromatic rings. The topological polar surface area (TPSA) is 99.3 Å². The van der Waals surface area contributed by atoms with E-state index in [1.165, 1.54) is 12.1 Å². The molecule has 9 heteroatoms. The van der Waals surface area contributed by atoms with Gasteiger partial charge in [0.2, 0.25) is 11.8 Å². The minimum atomic E-state index is -0.529. The first kappa shape index (κ1) is 25.8. The van der Waals surface area contributed by atoms with Crippen LogP contribution in [0.1, 0.15) is 42.9 Å². The number of nitrogens with one attached hydrogen (secondary N) is 3. The normalized spacial score (nSPS) is 16.9. The minimum Gasteiger partial charge on any atom is -0.379 e. The van der Waals surface area contributed by atoms with Gasteiger partial charge in [-0.1, -0.05) is 36.4 Å². The summed E-state index contributed by atoms with van der Waals surface area (Å²) in [5.74, 6) is -0.452. The maximum Gasteiger partial charge on any atom is 0.248 e. The second-order valence-electron chi connectivity index (χ2n) is 9.82. The Morgan fingerprint density at radius 3 is 2.68 bits per heavy atom. The van der Waals surface area contributed by atoms with Crippen LogP contribution in [0.25, 0.3) is 11.1 Å². The lowest BCUT2D eigenvalue weighted by molar-refractivity contribution is -0.117. The van der Waals surface area contributed by atoms with E-state index in [-0.39, 0.29) is 17.5 Å². The minimum absolute atomic E-state index is 0.114. The lowest BCUT2D eigenvalue weighted by Gasteiger charge is -2.25. The van der Waals surface area contributed by atoms with Crippen molar-refractivity contribution in [1.82, 2.24) is 15.1 Å². The van der Waals surface area contributed by atoms with Crippen molar-refractivity contribution in [2.75, 3.05) is 43.5 Å². The Labute approximate surface area is 221 Å². The summed E-state index contributed by atoms with van der Waals surface area (Å²) >= 11 is 0. The fourth-order valence-electron chi connectivity index (χ4n) is 4.44. The fraction of sp³-hybridized carbons (Fsp3) is 0.345. The third-order valence-corrected chi connectivity index (χ3v) is 6.94. The number of hydrogen-bond acceptors (Lipinski definition) is 5. The Balaban J connectivity index is 1.20. The van der Waals surface area contributed by atoms with Crippen LogP contribution in [0, 0.1) is 5.82 Å². The molecule has 1 aliphatic heterocycles. The van der Waals surface area contributed by atoms with Gasteiger partial charge in [-0.05, 0) is 48.6 Å². The van der Waals surface area contributed by atoms with Gasteiger partial charge in [0.1, 0.15) is 5.82 Å². The molecule has 0 bridgehead atoms. The number of benzene rings is 2. The number of aromatic amines is 1. The Bertz CT molecular complexity index is 1330. The molecule has 1 unspecified atom stereocenters. The number of rotatable bonds is 9. The first-order chi connectivity index (χ1) is 18.5. The zero-order valence-electron chi connectivity index (χ0n) is 21.4. The van der Waals surface area contributed by atoms with Gasteiger partial charge >= 0.3 is 0 Å². The predicted molar refractivity (Wildman–Crippen MR) is 144 cm³/mol. The third kappa shape index (κ3) is 6.54. The number of aromatic nitrogens is 2. The number of amides is 2. The smallest absolute Gasteiger partial charge is 0.248 e. The molecule has 0 radical (unpaired) electrons. The van der Waals surface area contributed by atoms with Gasteiger partial charge < -0.3 is 15.4 Å². The van der Waals surface area contributed by atoms with Gasteiger partial charge in [-0.25, -0.2) is 4.39 Å². The molecule has 2 aliphatic rings. The van der Waals surface area contributed by atoms with Crippen molar-refractivity contribution in [3.63, 3.8) is 0 Å². The predicted octanol–water partition coefficient (Wildman–Crippen LogP) is 4.66. The van der Waals surface area contributed by atoms with E-state index in [4.69, 9.17) is 4.74 Å². The van der Waals surface area contributed by atoms with E-state index in [2.05, 4.69) is 25.7 Å². The molecule has 2 fully saturated rings. The van der Waals surface area contributed by atoms with Gasteiger partial charge in [0.15, 0.2) is 5.82 Å². The van der Waals surface area contributed by atoms with Crippen molar-refractivity contribution in [2.45, 2.75) is 31.6 Å². The highest BCUT2D eigenvalue weighted by atomic mass is 19.1. The highest BCUT2D eigenvalue weighted by Gasteiger charge is 2.26. The number of nitrogens with zero attached hydrogens (tertiary/aromatic N) is 2. The molecule has 1 aliphatic carbocycles. The maximum atomic E-state index is 14.9. The first-order valence-corrected chi connectivity index (χ1v) is 13.0. The number of H-pyrrole nitrogens is 1. The van der Waals surface area contributed by atoms with E-state index < -0.39 is 11.7 Å². The van der Waals surface area contributed by atoms with Gasteiger partial charge in [-0.3, -0.25) is 19.6 Å². The van der Waals surface area contributed by atoms with Gasteiger partial charge in [-0.15, -0.1) is 0 Å². The highest BCUT2D eigenvalue weighted by molar-refractivity contribution is 5.99. The van der Waals surface area contributed by atoms with Crippen molar-refractivity contribution >= 4 is 23.3 Å². The quantitative estimate of drug-likeness (QED) is 0.359. The number of halogens is 1. The van der Waals surface area contributed by atoms with E-state index in [1.807, 2.05) is 37.3 Å². The zero-order chi connectivity index (χ0) is 26.5. The number of morpholine rings is 1. The van der Waals surface area contributed by atoms with E-state index in [0.29, 0.717) is 37.1 Å². The van der Waals surface area contributed by atoms with E-state index in [9.17, 15) is 14.0 Å². The maximum absolute atomic E-state index is 14.9. The highest BCUT2D eigenvalue weighted by Crippen LogP contribution is 2.39. The van der Waals surface area contributed by atoms with Crippen LogP contribution >= 0.6 is 0 Å². The number of hydrogen-bond donors (Lipinski definition) is 3. The lowest BCUT2D eigenvalue weighted by Crippen LogP contribution is -2.36. The number of carbonyl (C=O) groups excluding carboxylic acids is 2. The molecule has 0 spiro atoms. The van der Waals surface area contributed by atoms with Crippen LogP contribution in [0.4, 0.5) is 15.9 Å². The molecule has 2 aromatic carbocycles. The first-order valence-electron chi connectivity index (χ1n) is 13.0. The van der Waals surface area contributed by atoms with Gasteiger partial charge in [-0.2, -0.15) is 5.10 Å². The SMILES string of the molecule is CC(C(=O)Nc1cc(C2CC2)[nH]n1)c1cccc(-c2ccc(NC(=O)C=CCN3CCOCC3)c(F)c2)c1. The van der Waals surface area contributed by atoms with Crippen LogP contribution in [-0.2, 0) is 14.3 Å². The van der Waals surface area contributed by atoms with Gasteiger partial charge in [0.05, 0.1) is 24.8 Å². The van der Waals surface area contributed by atoms with Crippen LogP contribution in [0.15, 0.2) is 60.7 Å². The van der Waals surface area contributed by atoms with E-state index >= 15 is 0 Å². The van der Waals surface area contributed by atoms with Crippen molar-refractivity contribution in [2.24, 2.45) is 0 Å². The second kappa shape index (κ2) is 11.7. The van der Waals surface area contributed by atoms with E-state index in [0.717, 1.165) is 42.8 Å². The van der Waals surface area contributed by atoms with E-state index in [1.54, 1.807) is 18.2 Å². The molecule has 8 nitrogen and oxygen atoms in total. The summed E-state index contributed by atoms with van der Waals surface area (Å²) in [5.41, 5.74) is 3.41. The Hall–Kier alpha value is -3.82. The summed E-state index contributed by atoms with van der Waals surface area (Å²) in [6, 6.07) is 14.1. The Morgan fingerprint density at radius 1 is 1.13 bits per heavy atom. The molecule has 3 N–H and O–H groups in total. The van der Waals surface area contributed by atoms with Crippen molar-refractivity contribution in [3.8, 4) is 11.1 Å². The molecule has 198 valence electrons. The van der Waals surface area contributed by atoms with Gasteiger partial charge in [0.25, 0.3) is 0 Å². The molecule has 2 amide bonds. The van der Waals surface area contributed by atoms with Gasteiger partial charge in [0, 0.05) is 43.4 Å². The van der Waals surface area contributed by atoms with Crippen LogP contribution in [0.3, 0.4) is 0 Å². The summed E-state index contributed by atoms with van der Waals surface area (Å²) < 4.78 is 20.2. The van der Waals surface area contributed by atoms with Crippen molar-refractivity contribution < 1.29 is 18.7 Å². The van der Waals surface area contributed by atoms with Crippen LogP contribution in [-0.4, -0.2) is 59.8 Å². The monoisotopic (exact) mass is 517 g/mol. The number of carbonyl (C=O) groups is 2. The number of anilines is 2.